The Kier molecular flexibility index (Phi) is 40.6. The predicted octanol–water partition coefficient (Wildman–Crippen LogP) is 12.0. The maximum atomic E-state index is 12.8. The summed E-state index contributed by atoms with van der Waals surface area (Å²) in [5.74, 6) is -0.835. The second-order valence-corrected chi connectivity index (χ2v) is 17.6. The Morgan fingerprint density at radius 1 is 0.492 bits per heavy atom. The molecule has 10 heteroatoms. The fourth-order valence-electron chi connectivity index (χ4n) is 7.64. The zero-order valence-corrected chi connectivity index (χ0v) is 40.1. The van der Waals surface area contributed by atoms with Crippen LogP contribution in [0, 0.1) is 0 Å². The lowest BCUT2D eigenvalue weighted by Gasteiger charge is -2.39. The van der Waals surface area contributed by atoms with Gasteiger partial charge in [0.2, 0.25) is 0 Å². The fourth-order valence-corrected chi connectivity index (χ4v) is 7.64. The van der Waals surface area contributed by atoms with E-state index in [-0.39, 0.29) is 26.1 Å². The number of carbonyl (C=O) groups is 2. The summed E-state index contributed by atoms with van der Waals surface area (Å²) >= 11 is 0. The van der Waals surface area contributed by atoms with E-state index in [0.29, 0.717) is 12.8 Å². The van der Waals surface area contributed by atoms with E-state index in [2.05, 4.69) is 62.5 Å². The summed E-state index contributed by atoms with van der Waals surface area (Å²) in [5.41, 5.74) is 0. The summed E-state index contributed by atoms with van der Waals surface area (Å²) in [4.78, 5) is 25.4. The van der Waals surface area contributed by atoms with Gasteiger partial charge in [-0.3, -0.25) is 9.59 Å². The van der Waals surface area contributed by atoms with E-state index >= 15 is 0 Å². The zero-order chi connectivity index (χ0) is 45.9. The number of ether oxygens (including phenoxy) is 4. The van der Waals surface area contributed by atoms with Crippen molar-refractivity contribution in [2.45, 2.75) is 256 Å². The van der Waals surface area contributed by atoms with Crippen LogP contribution in [-0.4, -0.2) is 89.0 Å². The maximum Gasteiger partial charge on any atom is 0.306 e. The molecule has 6 atom stereocenters. The van der Waals surface area contributed by atoms with Gasteiger partial charge in [0.25, 0.3) is 0 Å². The summed E-state index contributed by atoms with van der Waals surface area (Å²) in [6.07, 6.45) is 45.4. The average Bonchev–Trinajstić information content (AvgIpc) is 3.28. The van der Waals surface area contributed by atoms with Crippen LogP contribution in [0.15, 0.2) is 48.6 Å². The Morgan fingerprint density at radius 2 is 0.889 bits per heavy atom. The van der Waals surface area contributed by atoms with Gasteiger partial charge < -0.3 is 39.4 Å². The molecule has 1 saturated heterocycles. The van der Waals surface area contributed by atoms with Crippen molar-refractivity contribution in [1.82, 2.24) is 0 Å². The van der Waals surface area contributed by atoms with E-state index in [4.69, 9.17) is 18.9 Å². The van der Waals surface area contributed by atoms with Gasteiger partial charge in [0.05, 0.1) is 13.2 Å². The Balaban J connectivity index is 2.29. The highest BCUT2D eigenvalue weighted by Gasteiger charge is 2.44. The van der Waals surface area contributed by atoms with E-state index in [0.717, 1.165) is 57.8 Å². The first-order valence-electron chi connectivity index (χ1n) is 25.7. The summed E-state index contributed by atoms with van der Waals surface area (Å²) < 4.78 is 22.2. The lowest BCUT2D eigenvalue weighted by molar-refractivity contribution is -0.305. The van der Waals surface area contributed by atoms with E-state index in [1.165, 1.54) is 122 Å². The minimum Gasteiger partial charge on any atom is -0.462 e. The average molecular weight is 891 g/mol. The standard InChI is InChI=1S/C53H94O10/c1-3-5-7-9-11-13-15-17-19-21-23-25-27-29-31-33-35-37-39-41-48(55)60-44-46(45-61-53-52(59)51(58)50(57)47(43-54)63-53)62-49(56)42-40-38-36-34-32-30-28-26-24-22-20-18-16-14-12-10-8-6-4-2/h11,13,17,19,23,25,29,31,46-47,50-54,57-59H,3-10,12,14-16,18,20-22,24,26-28,30,32-45H2,1-2H3/b13-11+,19-17+,25-23+,31-29+/t46-,47-,50+,51?,52?,53-/m0/s1. The van der Waals surface area contributed by atoms with E-state index in [1.807, 2.05) is 0 Å². The van der Waals surface area contributed by atoms with Crippen molar-refractivity contribution in [3.63, 3.8) is 0 Å². The third-order valence-electron chi connectivity index (χ3n) is 11.7. The van der Waals surface area contributed by atoms with Crippen LogP contribution in [0.2, 0.25) is 0 Å². The third-order valence-corrected chi connectivity index (χ3v) is 11.7. The molecule has 0 spiro atoms. The smallest absolute Gasteiger partial charge is 0.306 e. The molecular formula is C53H94O10. The molecule has 1 fully saturated rings. The van der Waals surface area contributed by atoms with Crippen LogP contribution < -0.4 is 0 Å². The van der Waals surface area contributed by atoms with E-state index < -0.39 is 55.4 Å². The summed E-state index contributed by atoms with van der Waals surface area (Å²) in [6.45, 7) is 3.39. The largest absolute Gasteiger partial charge is 0.462 e. The van der Waals surface area contributed by atoms with Crippen LogP contribution >= 0.6 is 0 Å². The van der Waals surface area contributed by atoms with Crippen molar-refractivity contribution >= 4 is 11.9 Å². The van der Waals surface area contributed by atoms with Gasteiger partial charge in [-0.05, 0) is 57.8 Å². The lowest BCUT2D eigenvalue weighted by Crippen LogP contribution is -2.59. The topological polar surface area (TPSA) is 152 Å². The molecule has 1 rings (SSSR count). The second kappa shape index (κ2) is 43.5. The summed E-state index contributed by atoms with van der Waals surface area (Å²) in [6, 6.07) is 0. The van der Waals surface area contributed by atoms with Crippen LogP contribution in [0.4, 0.5) is 0 Å². The number of rotatable bonds is 43. The first-order chi connectivity index (χ1) is 30.8. The van der Waals surface area contributed by atoms with Crippen LogP contribution in [0.5, 0.6) is 0 Å². The summed E-state index contributed by atoms with van der Waals surface area (Å²) in [5, 5.41) is 40.2. The van der Waals surface area contributed by atoms with Gasteiger partial charge >= 0.3 is 11.9 Å². The minimum absolute atomic E-state index is 0.225. The van der Waals surface area contributed by atoms with Gasteiger partial charge in [0.15, 0.2) is 12.4 Å². The highest BCUT2D eigenvalue weighted by Crippen LogP contribution is 2.23. The van der Waals surface area contributed by atoms with Gasteiger partial charge in [0, 0.05) is 12.8 Å². The number of aliphatic hydroxyl groups excluding tert-OH is 4. The number of carbonyl (C=O) groups excluding carboxylic acids is 2. The molecule has 63 heavy (non-hydrogen) atoms. The molecule has 0 aliphatic carbocycles. The van der Waals surface area contributed by atoms with E-state index in [1.54, 1.807) is 0 Å². The molecule has 4 N–H and O–H groups in total. The lowest BCUT2D eigenvalue weighted by atomic mass is 9.99. The normalized spacial score (nSPS) is 19.9. The third kappa shape index (κ3) is 34.6. The Bertz CT molecular complexity index is 1170. The Labute approximate surface area is 384 Å². The number of aliphatic hydroxyl groups is 4. The highest BCUT2D eigenvalue weighted by molar-refractivity contribution is 5.70. The molecule has 0 amide bonds. The molecule has 0 aromatic carbocycles. The molecule has 1 heterocycles. The Morgan fingerprint density at radius 3 is 1.37 bits per heavy atom. The second-order valence-electron chi connectivity index (χ2n) is 17.6. The van der Waals surface area contributed by atoms with Crippen LogP contribution in [0.1, 0.15) is 219 Å². The molecule has 0 saturated carbocycles. The van der Waals surface area contributed by atoms with Crippen molar-refractivity contribution in [3.05, 3.63) is 48.6 Å². The molecule has 0 bridgehead atoms. The van der Waals surface area contributed by atoms with Crippen molar-refractivity contribution in [3.8, 4) is 0 Å². The first-order valence-corrected chi connectivity index (χ1v) is 25.7. The molecule has 0 aromatic rings. The number of esters is 2. The predicted molar refractivity (Wildman–Crippen MR) is 256 cm³/mol. The first kappa shape index (κ1) is 58.7. The molecule has 2 unspecified atom stereocenters. The quantitative estimate of drug-likeness (QED) is 0.0264. The van der Waals surface area contributed by atoms with E-state index in [9.17, 15) is 30.0 Å². The number of allylic oxidation sites excluding steroid dienone is 8. The Hall–Kier alpha value is -2.34. The zero-order valence-electron chi connectivity index (χ0n) is 40.1. The van der Waals surface area contributed by atoms with Crippen LogP contribution in [0.25, 0.3) is 0 Å². The van der Waals surface area contributed by atoms with Gasteiger partial charge in [0.1, 0.15) is 31.0 Å². The number of hydrogen-bond acceptors (Lipinski definition) is 10. The molecule has 0 aromatic heterocycles. The molecular weight excluding hydrogens is 797 g/mol. The van der Waals surface area contributed by atoms with Crippen molar-refractivity contribution < 1.29 is 49.0 Å². The summed E-state index contributed by atoms with van der Waals surface area (Å²) in [7, 11) is 0. The van der Waals surface area contributed by atoms with Crippen molar-refractivity contribution in [2.75, 3.05) is 19.8 Å². The molecule has 0 radical (unpaired) electrons. The highest BCUT2D eigenvalue weighted by atomic mass is 16.7. The van der Waals surface area contributed by atoms with Crippen LogP contribution in [0.3, 0.4) is 0 Å². The molecule has 1 aliphatic rings. The molecule has 366 valence electrons. The molecule has 1 aliphatic heterocycles. The maximum absolute atomic E-state index is 12.8. The molecule has 10 nitrogen and oxygen atoms in total. The monoisotopic (exact) mass is 891 g/mol. The SMILES string of the molecule is CCCCC/C=C/C/C=C/C/C=C/C/C=C/CCCCCC(=O)OC[C@@H](CO[C@H]1O[C@@H](CO)[C@@H](O)C(O)C1O)OC(=O)CCCCCCCCCCCCCCCCCCCCC. The minimum atomic E-state index is -1.60. The van der Waals surface area contributed by atoms with Gasteiger partial charge in [-0.2, -0.15) is 0 Å². The van der Waals surface area contributed by atoms with Gasteiger partial charge in [-0.25, -0.2) is 0 Å². The fraction of sp³-hybridized carbons (Fsp3) is 0.811. The van der Waals surface area contributed by atoms with Gasteiger partial charge in [-0.1, -0.05) is 197 Å². The van der Waals surface area contributed by atoms with Crippen molar-refractivity contribution in [2.24, 2.45) is 0 Å². The van der Waals surface area contributed by atoms with Crippen LogP contribution in [-0.2, 0) is 28.5 Å². The van der Waals surface area contributed by atoms with Crippen molar-refractivity contribution in [1.29, 1.82) is 0 Å². The number of hydrogen-bond donors (Lipinski definition) is 4. The number of unbranched alkanes of at least 4 members (excludes halogenated alkanes) is 24. The van der Waals surface area contributed by atoms with Gasteiger partial charge in [-0.15, -0.1) is 0 Å².